The molecule has 0 saturated heterocycles. The van der Waals surface area contributed by atoms with E-state index in [1.54, 1.807) is 11.3 Å². The molecule has 1 N–H and O–H groups in total. The van der Waals surface area contributed by atoms with Gasteiger partial charge in [-0.05, 0) is 67.9 Å². The van der Waals surface area contributed by atoms with E-state index in [1.807, 2.05) is 0 Å². The molecule has 0 aromatic carbocycles. The molecule has 94 valence electrons. The first-order chi connectivity index (χ1) is 8.14. The fourth-order valence-electron chi connectivity index (χ4n) is 3.90. The Labute approximate surface area is 108 Å². The molecule has 1 aromatic heterocycles. The Morgan fingerprint density at radius 2 is 1.71 bits per heavy atom. The van der Waals surface area contributed by atoms with Gasteiger partial charge in [0.05, 0.1) is 5.60 Å². The van der Waals surface area contributed by atoms with Gasteiger partial charge in [0, 0.05) is 4.88 Å². The summed E-state index contributed by atoms with van der Waals surface area (Å²) in [6.45, 7) is 2.13. The summed E-state index contributed by atoms with van der Waals surface area (Å²) in [5.74, 6) is 0. The zero-order valence-electron chi connectivity index (χ0n) is 10.7. The summed E-state index contributed by atoms with van der Waals surface area (Å²) < 4.78 is 0. The van der Waals surface area contributed by atoms with Gasteiger partial charge in [-0.25, -0.2) is 0 Å². The number of rotatable bonds is 1. The normalized spacial score (nSPS) is 26.5. The van der Waals surface area contributed by atoms with Gasteiger partial charge in [-0.1, -0.05) is 12.8 Å². The summed E-state index contributed by atoms with van der Waals surface area (Å²) in [5, 5.41) is 13.0. The smallest absolute Gasteiger partial charge is 0.0990 e. The van der Waals surface area contributed by atoms with Crippen LogP contribution in [0.3, 0.4) is 0 Å². The van der Waals surface area contributed by atoms with E-state index in [1.165, 1.54) is 49.0 Å². The highest BCUT2D eigenvalue weighted by molar-refractivity contribution is 7.10. The Bertz CT molecular complexity index is 391. The quantitative estimate of drug-likeness (QED) is 0.784. The van der Waals surface area contributed by atoms with E-state index >= 15 is 0 Å². The molecule has 2 fully saturated rings. The van der Waals surface area contributed by atoms with Crippen LogP contribution in [-0.4, -0.2) is 5.11 Å². The third-order valence-electron chi connectivity index (χ3n) is 5.09. The van der Waals surface area contributed by atoms with Crippen LogP contribution in [0.4, 0.5) is 0 Å². The van der Waals surface area contributed by atoms with Gasteiger partial charge in [0.25, 0.3) is 0 Å². The topological polar surface area (TPSA) is 20.2 Å². The molecular weight excluding hydrogens is 228 g/mol. The summed E-state index contributed by atoms with van der Waals surface area (Å²) in [4.78, 5) is 1.23. The van der Waals surface area contributed by atoms with Crippen molar-refractivity contribution in [2.75, 3.05) is 0 Å². The molecule has 0 amide bonds. The minimum atomic E-state index is -0.508. The zero-order valence-corrected chi connectivity index (χ0v) is 11.5. The average Bonchev–Trinajstić information content (AvgIpc) is 2.94. The van der Waals surface area contributed by atoms with Crippen molar-refractivity contribution in [2.24, 2.45) is 5.41 Å². The molecule has 17 heavy (non-hydrogen) atoms. The fourth-order valence-corrected chi connectivity index (χ4v) is 4.98. The van der Waals surface area contributed by atoms with Gasteiger partial charge in [-0.2, -0.15) is 0 Å². The summed E-state index contributed by atoms with van der Waals surface area (Å²) in [6.07, 6.45) is 10.1. The third kappa shape index (κ3) is 1.96. The lowest BCUT2D eigenvalue weighted by Crippen LogP contribution is -2.35. The lowest BCUT2D eigenvalue weighted by molar-refractivity contribution is -0.0352. The number of aliphatic hydroxyl groups is 1. The molecule has 3 rings (SSSR count). The third-order valence-corrected chi connectivity index (χ3v) is 6.30. The summed E-state index contributed by atoms with van der Waals surface area (Å²) in [7, 11) is 0. The van der Waals surface area contributed by atoms with Gasteiger partial charge in [-0.3, -0.25) is 0 Å². The molecule has 1 heterocycles. The maximum atomic E-state index is 10.9. The van der Waals surface area contributed by atoms with E-state index in [4.69, 9.17) is 0 Å². The lowest BCUT2D eigenvalue weighted by Gasteiger charge is -2.42. The Balaban J connectivity index is 1.77. The highest BCUT2D eigenvalue weighted by Crippen LogP contribution is 2.54. The molecule has 2 aliphatic carbocycles. The molecule has 0 atom stereocenters. The molecule has 0 radical (unpaired) electrons. The maximum absolute atomic E-state index is 10.9. The van der Waals surface area contributed by atoms with Crippen molar-refractivity contribution in [3.8, 4) is 0 Å². The highest BCUT2D eigenvalue weighted by atomic mass is 32.1. The van der Waals surface area contributed by atoms with Crippen LogP contribution >= 0.6 is 11.3 Å². The Hall–Kier alpha value is -0.340. The van der Waals surface area contributed by atoms with Crippen molar-refractivity contribution >= 4 is 11.3 Å². The monoisotopic (exact) mass is 250 g/mol. The second kappa shape index (κ2) is 4.10. The van der Waals surface area contributed by atoms with Crippen LogP contribution < -0.4 is 0 Å². The molecule has 1 nitrogen and oxygen atoms in total. The van der Waals surface area contributed by atoms with Crippen LogP contribution in [0.2, 0.25) is 0 Å². The molecule has 0 aliphatic heterocycles. The van der Waals surface area contributed by atoms with E-state index in [0.717, 1.165) is 12.8 Å². The molecule has 2 heteroatoms. The van der Waals surface area contributed by atoms with Crippen molar-refractivity contribution in [3.05, 3.63) is 21.9 Å². The summed E-state index contributed by atoms with van der Waals surface area (Å²) in [5.41, 5.74) is 1.38. The first kappa shape index (κ1) is 11.7. The van der Waals surface area contributed by atoms with E-state index in [-0.39, 0.29) is 0 Å². The van der Waals surface area contributed by atoms with E-state index in [9.17, 15) is 5.11 Å². The van der Waals surface area contributed by atoms with Crippen LogP contribution in [-0.2, 0) is 5.60 Å². The first-order valence-electron chi connectivity index (χ1n) is 6.91. The van der Waals surface area contributed by atoms with Crippen LogP contribution in [0.1, 0.15) is 61.8 Å². The Morgan fingerprint density at radius 3 is 2.24 bits per heavy atom. The van der Waals surface area contributed by atoms with Crippen molar-refractivity contribution in [3.63, 3.8) is 0 Å². The molecule has 0 bridgehead atoms. The maximum Gasteiger partial charge on any atom is 0.0990 e. The van der Waals surface area contributed by atoms with Gasteiger partial charge >= 0.3 is 0 Å². The minimum absolute atomic E-state index is 0.508. The van der Waals surface area contributed by atoms with Crippen molar-refractivity contribution in [2.45, 2.75) is 63.9 Å². The van der Waals surface area contributed by atoms with E-state index in [2.05, 4.69) is 18.4 Å². The van der Waals surface area contributed by atoms with Gasteiger partial charge in [0.1, 0.15) is 0 Å². The summed E-state index contributed by atoms with van der Waals surface area (Å²) in [6, 6.07) is 2.14. The number of aryl methyl sites for hydroxylation is 1. The predicted octanol–water partition coefficient (Wildman–Crippen LogP) is 4.38. The van der Waals surface area contributed by atoms with Gasteiger partial charge in [0.2, 0.25) is 0 Å². The first-order valence-corrected chi connectivity index (χ1v) is 7.79. The van der Waals surface area contributed by atoms with Gasteiger partial charge in [-0.15, -0.1) is 11.3 Å². The fraction of sp³-hybridized carbons (Fsp3) is 0.733. The second-order valence-electron chi connectivity index (χ2n) is 6.17. The lowest BCUT2D eigenvalue weighted by atomic mass is 9.67. The van der Waals surface area contributed by atoms with Crippen molar-refractivity contribution in [1.29, 1.82) is 0 Å². The molecule has 1 aromatic rings. The molecule has 1 spiro atoms. The largest absolute Gasteiger partial charge is 0.384 e. The number of thiophene rings is 1. The van der Waals surface area contributed by atoms with E-state index in [0.29, 0.717) is 5.41 Å². The van der Waals surface area contributed by atoms with Crippen LogP contribution in [0.15, 0.2) is 11.4 Å². The average molecular weight is 250 g/mol. The van der Waals surface area contributed by atoms with E-state index < -0.39 is 5.60 Å². The minimum Gasteiger partial charge on any atom is -0.384 e. The Morgan fingerprint density at radius 1 is 1.06 bits per heavy atom. The Kier molecular flexibility index (Phi) is 2.83. The van der Waals surface area contributed by atoms with Crippen LogP contribution in [0, 0.1) is 12.3 Å². The van der Waals surface area contributed by atoms with Gasteiger partial charge in [0.15, 0.2) is 0 Å². The van der Waals surface area contributed by atoms with Crippen molar-refractivity contribution < 1.29 is 5.11 Å². The second-order valence-corrected chi connectivity index (χ2v) is 7.09. The predicted molar refractivity (Wildman–Crippen MR) is 72.3 cm³/mol. The molecule has 2 aliphatic rings. The van der Waals surface area contributed by atoms with Gasteiger partial charge < -0.3 is 5.11 Å². The number of hydrogen-bond acceptors (Lipinski definition) is 2. The standard InChI is InChI=1S/C15H22OS/c1-12-4-11-17-13(12)15(16)9-7-14(8-10-15)5-2-3-6-14/h4,11,16H,2-3,5-10H2,1H3. The molecule has 2 saturated carbocycles. The number of hydrogen-bond donors (Lipinski definition) is 1. The molecule has 0 unspecified atom stereocenters. The van der Waals surface area contributed by atoms with Crippen molar-refractivity contribution in [1.82, 2.24) is 0 Å². The summed E-state index contributed by atoms with van der Waals surface area (Å²) >= 11 is 1.74. The highest BCUT2D eigenvalue weighted by Gasteiger charge is 2.44. The molecular formula is C15H22OS. The zero-order chi connectivity index (χ0) is 11.9. The van der Waals surface area contributed by atoms with Crippen LogP contribution in [0.25, 0.3) is 0 Å². The SMILES string of the molecule is Cc1ccsc1C1(O)CCC2(CCCC2)CC1. The van der Waals surface area contributed by atoms with Crippen LogP contribution in [0.5, 0.6) is 0 Å².